The number of hydrogen-bond acceptors (Lipinski definition) is 2. The molecule has 5 unspecified atom stereocenters. The summed E-state index contributed by atoms with van der Waals surface area (Å²) >= 11 is 0. The fourth-order valence-corrected chi connectivity index (χ4v) is 4.80. The molecule has 3 aliphatic rings. The second-order valence-electron chi connectivity index (χ2n) is 6.71. The molecule has 20 heavy (non-hydrogen) atoms. The molecule has 1 heterocycles. The van der Waals surface area contributed by atoms with Crippen LogP contribution in [0.3, 0.4) is 0 Å². The summed E-state index contributed by atoms with van der Waals surface area (Å²) in [5.74, 6) is 3.34. The van der Waals surface area contributed by atoms with Gasteiger partial charge in [-0.15, -0.1) is 0 Å². The largest absolute Gasteiger partial charge is 0.381 e. The van der Waals surface area contributed by atoms with Gasteiger partial charge in [-0.3, -0.25) is 0 Å². The lowest BCUT2D eigenvalue weighted by atomic mass is 9.91. The van der Waals surface area contributed by atoms with Crippen molar-refractivity contribution < 1.29 is 4.74 Å². The average molecular weight is 271 g/mol. The van der Waals surface area contributed by atoms with E-state index in [0.29, 0.717) is 6.04 Å². The minimum atomic E-state index is 0.670. The molecule has 2 fully saturated rings. The van der Waals surface area contributed by atoms with Gasteiger partial charge >= 0.3 is 0 Å². The SMILES string of the molecule is CCNC(C1CCOC1)C1C2CCc3ccccc3C21. The number of benzene rings is 1. The minimum Gasteiger partial charge on any atom is -0.381 e. The number of ether oxygens (including phenoxy) is 1. The van der Waals surface area contributed by atoms with Gasteiger partial charge in [0, 0.05) is 18.6 Å². The zero-order chi connectivity index (χ0) is 13.5. The minimum absolute atomic E-state index is 0.670. The first-order chi connectivity index (χ1) is 9.90. The Balaban J connectivity index is 1.57. The molecule has 2 aliphatic carbocycles. The van der Waals surface area contributed by atoms with Crippen molar-refractivity contribution in [3.05, 3.63) is 35.4 Å². The summed E-state index contributed by atoms with van der Waals surface area (Å²) in [5, 5.41) is 3.79. The van der Waals surface area contributed by atoms with Crippen LogP contribution in [0.2, 0.25) is 0 Å². The van der Waals surface area contributed by atoms with Gasteiger partial charge in [-0.25, -0.2) is 0 Å². The van der Waals surface area contributed by atoms with Crippen molar-refractivity contribution in [1.29, 1.82) is 0 Å². The lowest BCUT2D eigenvalue weighted by molar-refractivity contribution is 0.172. The number of aryl methyl sites for hydroxylation is 1. The van der Waals surface area contributed by atoms with Crippen LogP contribution >= 0.6 is 0 Å². The number of nitrogens with one attached hydrogen (secondary N) is 1. The van der Waals surface area contributed by atoms with Gasteiger partial charge in [-0.05, 0) is 54.7 Å². The molecule has 0 aromatic heterocycles. The molecule has 0 bridgehead atoms. The van der Waals surface area contributed by atoms with Crippen LogP contribution in [0.25, 0.3) is 0 Å². The maximum Gasteiger partial charge on any atom is 0.0510 e. The van der Waals surface area contributed by atoms with Gasteiger partial charge in [-0.2, -0.15) is 0 Å². The van der Waals surface area contributed by atoms with Crippen LogP contribution in [-0.4, -0.2) is 25.8 Å². The number of rotatable bonds is 4. The average Bonchev–Trinajstić information content (AvgIpc) is 2.96. The molecule has 5 atom stereocenters. The van der Waals surface area contributed by atoms with E-state index >= 15 is 0 Å². The summed E-state index contributed by atoms with van der Waals surface area (Å²) in [7, 11) is 0. The lowest BCUT2D eigenvalue weighted by Crippen LogP contribution is -2.39. The maximum absolute atomic E-state index is 5.65. The summed E-state index contributed by atoms with van der Waals surface area (Å²) in [6.45, 7) is 5.25. The van der Waals surface area contributed by atoms with Crippen molar-refractivity contribution in [3.63, 3.8) is 0 Å². The molecule has 2 nitrogen and oxygen atoms in total. The fraction of sp³-hybridized carbons (Fsp3) is 0.667. The summed E-state index contributed by atoms with van der Waals surface area (Å²) in [4.78, 5) is 0. The Bertz CT molecular complexity index is 480. The molecule has 1 saturated carbocycles. The van der Waals surface area contributed by atoms with Gasteiger partial charge in [0.1, 0.15) is 0 Å². The van der Waals surface area contributed by atoms with Crippen molar-refractivity contribution in [2.45, 2.75) is 38.1 Å². The molecule has 1 aromatic carbocycles. The second-order valence-corrected chi connectivity index (χ2v) is 6.71. The highest BCUT2D eigenvalue weighted by Crippen LogP contribution is 2.62. The molecular formula is C18H25NO. The van der Waals surface area contributed by atoms with Crippen LogP contribution in [0.15, 0.2) is 24.3 Å². The van der Waals surface area contributed by atoms with Gasteiger partial charge in [-0.1, -0.05) is 31.2 Å². The smallest absolute Gasteiger partial charge is 0.0510 e. The number of fused-ring (bicyclic) bond motifs is 3. The van der Waals surface area contributed by atoms with E-state index in [-0.39, 0.29) is 0 Å². The summed E-state index contributed by atoms with van der Waals surface area (Å²) in [5.41, 5.74) is 3.25. The first-order valence-electron chi connectivity index (χ1n) is 8.29. The molecule has 0 spiro atoms. The highest BCUT2D eigenvalue weighted by atomic mass is 16.5. The standard InChI is InChI=1S/C18H25NO/c1-2-19-18(13-9-10-20-11-13)17-15-8-7-12-5-3-4-6-14(12)16(15)17/h3-6,13,15-19H,2,7-11H2,1H3. The van der Waals surface area contributed by atoms with Crippen molar-refractivity contribution in [3.8, 4) is 0 Å². The Morgan fingerprint density at radius 2 is 2.20 bits per heavy atom. The Morgan fingerprint density at radius 3 is 3.00 bits per heavy atom. The zero-order valence-corrected chi connectivity index (χ0v) is 12.3. The van der Waals surface area contributed by atoms with E-state index in [4.69, 9.17) is 4.74 Å². The van der Waals surface area contributed by atoms with E-state index in [1.807, 2.05) is 0 Å². The van der Waals surface area contributed by atoms with Crippen molar-refractivity contribution in [2.75, 3.05) is 19.8 Å². The Morgan fingerprint density at radius 1 is 1.30 bits per heavy atom. The van der Waals surface area contributed by atoms with Crippen molar-refractivity contribution >= 4 is 0 Å². The van der Waals surface area contributed by atoms with Crippen LogP contribution in [0.4, 0.5) is 0 Å². The molecule has 1 aromatic rings. The van der Waals surface area contributed by atoms with E-state index < -0.39 is 0 Å². The molecule has 2 heteroatoms. The van der Waals surface area contributed by atoms with E-state index in [0.717, 1.165) is 43.4 Å². The Hall–Kier alpha value is -0.860. The van der Waals surface area contributed by atoms with E-state index in [9.17, 15) is 0 Å². The predicted octanol–water partition coefficient (Wildman–Crippen LogP) is 2.98. The summed E-state index contributed by atoms with van der Waals surface area (Å²) < 4.78 is 5.65. The van der Waals surface area contributed by atoms with Crippen LogP contribution in [0.5, 0.6) is 0 Å². The highest BCUT2D eigenvalue weighted by molar-refractivity contribution is 5.40. The second kappa shape index (κ2) is 5.16. The predicted molar refractivity (Wildman–Crippen MR) is 80.9 cm³/mol. The maximum atomic E-state index is 5.65. The van der Waals surface area contributed by atoms with E-state index in [2.05, 4.69) is 36.5 Å². The van der Waals surface area contributed by atoms with Crippen LogP contribution in [0, 0.1) is 17.8 Å². The normalized spacial score (nSPS) is 36.2. The van der Waals surface area contributed by atoms with E-state index in [1.165, 1.54) is 19.3 Å². The molecule has 0 radical (unpaired) electrons. The molecule has 1 saturated heterocycles. The molecular weight excluding hydrogens is 246 g/mol. The molecule has 108 valence electrons. The van der Waals surface area contributed by atoms with Gasteiger partial charge in [0.25, 0.3) is 0 Å². The lowest BCUT2D eigenvalue weighted by Gasteiger charge is -2.24. The molecule has 1 N–H and O–H groups in total. The van der Waals surface area contributed by atoms with E-state index in [1.54, 1.807) is 11.1 Å². The third-order valence-corrected chi connectivity index (χ3v) is 5.72. The van der Waals surface area contributed by atoms with Crippen LogP contribution in [-0.2, 0) is 11.2 Å². The summed E-state index contributed by atoms with van der Waals surface area (Å²) in [6.07, 6.45) is 3.92. The molecule has 1 aliphatic heterocycles. The zero-order valence-electron chi connectivity index (χ0n) is 12.3. The quantitative estimate of drug-likeness (QED) is 0.909. The van der Waals surface area contributed by atoms with Crippen molar-refractivity contribution in [1.82, 2.24) is 5.32 Å². The molecule has 4 rings (SSSR count). The Kier molecular flexibility index (Phi) is 3.31. The highest BCUT2D eigenvalue weighted by Gasteiger charge is 2.57. The van der Waals surface area contributed by atoms with Gasteiger partial charge in [0.15, 0.2) is 0 Å². The van der Waals surface area contributed by atoms with Gasteiger partial charge in [0.05, 0.1) is 6.61 Å². The van der Waals surface area contributed by atoms with Crippen LogP contribution in [0.1, 0.15) is 36.8 Å². The first-order valence-corrected chi connectivity index (χ1v) is 8.29. The first kappa shape index (κ1) is 12.8. The van der Waals surface area contributed by atoms with Gasteiger partial charge < -0.3 is 10.1 Å². The topological polar surface area (TPSA) is 21.3 Å². The monoisotopic (exact) mass is 271 g/mol. The Labute approximate surface area is 121 Å². The third kappa shape index (κ3) is 2.01. The summed E-state index contributed by atoms with van der Waals surface area (Å²) in [6, 6.07) is 9.80. The fourth-order valence-electron chi connectivity index (χ4n) is 4.80. The van der Waals surface area contributed by atoms with Crippen molar-refractivity contribution in [2.24, 2.45) is 17.8 Å². The number of hydrogen-bond donors (Lipinski definition) is 1. The van der Waals surface area contributed by atoms with Crippen LogP contribution < -0.4 is 5.32 Å². The van der Waals surface area contributed by atoms with Gasteiger partial charge in [0.2, 0.25) is 0 Å². The molecule has 0 amide bonds. The third-order valence-electron chi connectivity index (χ3n) is 5.72.